The van der Waals surface area contributed by atoms with Crippen molar-refractivity contribution in [3.8, 4) is 0 Å². The molecule has 0 aliphatic rings. The van der Waals surface area contributed by atoms with E-state index in [0.29, 0.717) is 12.3 Å². The van der Waals surface area contributed by atoms with Crippen molar-refractivity contribution in [2.24, 2.45) is 0 Å². The first-order chi connectivity index (χ1) is 8.11. The number of aliphatic hydroxyl groups is 1. The van der Waals surface area contributed by atoms with Crippen molar-refractivity contribution in [1.82, 2.24) is 5.32 Å². The molecule has 1 unspecified atom stereocenters. The number of rotatable bonds is 6. The predicted molar refractivity (Wildman–Crippen MR) is 67.3 cm³/mol. The Labute approximate surface area is 104 Å². The van der Waals surface area contributed by atoms with E-state index in [1.165, 1.54) is 23.9 Å². The lowest BCUT2D eigenvalue weighted by molar-refractivity contribution is -0.118. The maximum Gasteiger partial charge on any atom is 0.230 e. The van der Waals surface area contributed by atoms with E-state index in [4.69, 9.17) is 5.11 Å². The number of nitrogens with one attached hydrogen (secondary N) is 1. The molecule has 0 aromatic heterocycles. The summed E-state index contributed by atoms with van der Waals surface area (Å²) in [6.45, 7) is 2.32. The van der Waals surface area contributed by atoms with Gasteiger partial charge in [-0.25, -0.2) is 4.39 Å². The molecule has 17 heavy (non-hydrogen) atoms. The van der Waals surface area contributed by atoms with Gasteiger partial charge in [-0.15, -0.1) is 11.8 Å². The fraction of sp³-hybridized carbons (Fsp3) is 0.417. The Hall–Kier alpha value is -1.07. The molecule has 1 aromatic rings. The summed E-state index contributed by atoms with van der Waals surface area (Å²) in [6, 6.07) is 6.01. The van der Waals surface area contributed by atoms with Crippen LogP contribution in [0.25, 0.3) is 0 Å². The summed E-state index contributed by atoms with van der Waals surface area (Å²) in [5, 5.41) is 11.6. The molecule has 0 saturated heterocycles. The van der Waals surface area contributed by atoms with Gasteiger partial charge in [0.05, 0.1) is 12.4 Å². The lowest BCUT2D eigenvalue weighted by Gasteiger charge is -2.08. The average Bonchev–Trinajstić information content (AvgIpc) is 2.35. The Morgan fingerprint density at radius 1 is 1.47 bits per heavy atom. The summed E-state index contributed by atoms with van der Waals surface area (Å²) in [4.78, 5) is 11.4. The number of benzene rings is 1. The average molecular weight is 257 g/mol. The lowest BCUT2D eigenvalue weighted by Crippen LogP contribution is -2.25. The summed E-state index contributed by atoms with van der Waals surface area (Å²) in [7, 11) is 0. The SMILES string of the molecule is CC(CO)SCC(=O)NCc1ccc(F)cc1. The van der Waals surface area contributed by atoms with E-state index in [1.807, 2.05) is 6.92 Å². The van der Waals surface area contributed by atoms with Crippen molar-refractivity contribution in [2.45, 2.75) is 18.7 Å². The zero-order chi connectivity index (χ0) is 12.7. The minimum Gasteiger partial charge on any atom is -0.395 e. The van der Waals surface area contributed by atoms with E-state index in [9.17, 15) is 9.18 Å². The minimum atomic E-state index is -0.285. The van der Waals surface area contributed by atoms with Gasteiger partial charge in [0.2, 0.25) is 5.91 Å². The van der Waals surface area contributed by atoms with E-state index >= 15 is 0 Å². The smallest absolute Gasteiger partial charge is 0.230 e. The molecular weight excluding hydrogens is 241 g/mol. The van der Waals surface area contributed by atoms with Gasteiger partial charge in [-0.3, -0.25) is 4.79 Å². The molecule has 5 heteroatoms. The number of amides is 1. The molecule has 1 atom stereocenters. The molecule has 0 saturated carbocycles. The third kappa shape index (κ3) is 5.70. The lowest BCUT2D eigenvalue weighted by atomic mass is 10.2. The molecule has 1 aromatic carbocycles. The highest BCUT2D eigenvalue weighted by atomic mass is 32.2. The van der Waals surface area contributed by atoms with Gasteiger partial charge in [0.1, 0.15) is 5.82 Å². The Bertz CT molecular complexity index is 356. The van der Waals surface area contributed by atoms with Crippen LogP contribution in [-0.2, 0) is 11.3 Å². The van der Waals surface area contributed by atoms with E-state index in [-0.39, 0.29) is 23.6 Å². The zero-order valence-corrected chi connectivity index (χ0v) is 10.5. The number of hydrogen-bond donors (Lipinski definition) is 2. The fourth-order valence-corrected chi connectivity index (χ4v) is 1.77. The molecule has 0 bridgehead atoms. The first kappa shape index (κ1) is 14.0. The fourth-order valence-electron chi connectivity index (χ4n) is 1.12. The molecule has 0 radical (unpaired) electrons. The highest BCUT2D eigenvalue weighted by Gasteiger charge is 2.05. The number of hydrogen-bond acceptors (Lipinski definition) is 3. The van der Waals surface area contributed by atoms with Gasteiger partial charge in [-0.05, 0) is 17.7 Å². The Kier molecular flexibility index (Phi) is 6.00. The van der Waals surface area contributed by atoms with Crippen molar-refractivity contribution in [2.75, 3.05) is 12.4 Å². The van der Waals surface area contributed by atoms with Crippen molar-refractivity contribution < 1.29 is 14.3 Å². The Balaban J connectivity index is 2.26. The highest BCUT2D eigenvalue weighted by molar-refractivity contribution is 8.00. The van der Waals surface area contributed by atoms with Crippen molar-refractivity contribution in [3.05, 3.63) is 35.6 Å². The molecule has 2 N–H and O–H groups in total. The minimum absolute atomic E-state index is 0.0616. The van der Waals surface area contributed by atoms with Crippen LogP contribution in [0.5, 0.6) is 0 Å². The number of carbonyl (C=O) groups is 1. The van der Waals surface area contributed by atoms with Crippen molar-refractivity contribution in [3.63, 3.8) is 0 Å². The van der Waals surface area contributed by atoms with Crippen molar-refractivity contribution in [1.29, 1.82) is 0 Å². The Morgan fingerprint density at radius 2 is 2.12 bits per heavy atom. The molecule has 3 nitrogen and oxygen atoms in total. The normalized spacial score (nSPS) is 12.2. The van der Waals surface area contributed by atoms with Crippen LogP contribution < -0.4 is 5.32 Å². The van der Waals surface area contributed by atoms with E-state index in [2.05, 4.69) is 5.32 Å². The molecule has 0 spiro atoms. The maximum atomic E-state index is 12.6. The van der Waals surface area contributed by atoms with Crippen LogP contribution in [0.4, 0.5) is 4.39 Å². The first-order valence-corrected chi connectivity index (χ1v) is 6.40. The highest BCUT2D eigenvalue weighted by Crippen LogP contribution is 2.08. The van der Waals surface area contributed by atoms with E-state index in [0.717, 1.165) is 5.56 Å². The van der Waals surface area contributed by atoms with Gasteiger partial charge in [-0.1, -0.05) is 19.1 Å². The van der Waals surface area contributed by atoms with E-state index < -0.39 is 0 Å². The van der Waals surface area contributed by atoms with Crippen LogP contribution in [-0.4, -0.2) is 28.6 Å². The van der Waals surface area contributed by atoms with Gasteiger partial charge >= 0.3 is 0 Å². The molecule has 94 valence electrons. The first-order valence-electron chi connectivity index (χ1n) is 5.35. The molecular formula is C12H16FNO2S. The van der Waals surface area contributed by atoms with Crippen LogP contribution in [0, 0.1) is 5.82 Å². The number of thioether (sulfide) groups is 1. The van der Waals surface area contributed by atoms with Crippen LogP contribution >= 0.6 is 11.8 Å². The summed E-state index contributed by atoms with van der Waals surface area (Å²) in [5.74, 6) is -0.0462. The maximum absolute atomic E-state index is 12.6. The van der Waals surface area contributed by atoms with E-state index in [1.54, 1.807) is 12.1 Å². The van der Waals surface area contributed by atoms with Gasteiger partial charge < -0.3 is 10.4 Å². The topological polar surface area (TPSA) is 49.3 Å². The molecule has 0 aliphatic heterocycles. The van der Waals surface area contributed by atoms with Crippen LogP contribution in [0.1, 0.15) is 12.5 Å². The summed E-state index contributed by atoms with van der Waals surface area (Å²) < 4.78 is 12.6. The second kappa shape index (κ2) is 7.29. The molecule has 1 amide bonds. The van der Waals surface area contributed by atoms with Crippen LogP contribution in [0.15, 0.2) is 24.3 Å². The molecule has 1 rings (SSSR count). The number of aliphatic hydroxyl groups excluding tert-OH is 1. The monoisotopic (exact) mass is 257 g/mol. The van der Waals surface area contributed by atoms with Crippen LogP contribution in [0.3, 0.4) is 0 Å². The standard InChI is InChI=1S/C12H16FNO2S/c1-9(7-15)17-8-12(16)14-6-10-2-4-11(13)5-3-10/h2-5,9,15H,6-8H2,1H3,(H,14,16). The zero-order valence-electron chi connectivity index (χ0n) is 9.65. The summed E-state index contributed by atoms with van der Waals surface area (Å²) in [5.41, 5.74) is 0.861. The van der Waals surface area contributed by atoms with Crippen LogP contribution in [0.2, 0.25) is 0 Å². The molecule has 0 heterocycles. The number of halogens is 1. The van der Waals surface area contributed by atoms with Gasteiger partial charge in [-0.2, -0.15) is 0 Å². The summed E-state index contributed by atoms with van der Waals surface area (Å²) in [6.07, 6.45) is 0. The van der Waals surface area contributed by atoms with Gasteiger partial charge in [0, 0.05) is 11.8 Å². The summed E-state index contributed by atoms with van der Waals surface area (Å²) >= 11 is 1.40. The van der Waals surface area contributed by atoms with Crippen molar-refractivity contribution >= 4 is 17.7 Å². The third-order valence-electron chi connectivity index (χ3n) is 2.16. The third-order valence-corrected chi connectivity index (χ3v) is 3.31. The predicted octanol–water partition coefficient (Wildman–Crippen LogP) is 1.56. The molecule has 0 fully saturated rings. The Morgan fingerprint density at radius 3 is 2.71 bits per heavy atom. The molecule has 0 aliphatic carbocycles. The second-order valence-electron chi connectivity index (χ2n) is 3.71. The second-order valence-corrected chi connectivity index (χ2v) is 5.13. The van der Waals surface area contributed by atoms with Gasteiger partial charge in [0.15, 0.2) is 0 Å². The van der Waals surface area contributed by atoms with Gasteiger partial charge in [0.25, 0.3) is 0 Å². The number of carbonyl (C=O) groups excluding carboxylic acids is 1. The quantitative estimate of drug-likeness (QED) is 0.813. The largest absolute Gasteiger partial charge is 0.395 e.